The highest BCUT2D eigenvalue weighted by Crippen LogP contribution is 2.12. The van der Waals surface area contributed by atoms with E-state index in [-0.39, 0.29) is 11.8 Å². The first kappa shape index (κ1) is 32.3. The molecule has 0 rings (SSSR count). The van der Waals surface area contributed by atoms with Crippen LogP contribution in [0.3, 0.4) is 0 Å². The van der Waals surface area contributed by atoms with Gasteiger partial charge >= 0.3 is 0 Å². The van der Waals surface area contributed by atoms with Crippen molar-refractivity contribution in [3.63, 3.8) is 0 Å². The largest absolute Gasteiger partial charge is 0.368 e. The van der Waals surface area contributed by atoms with Gasteiger partial charge in [-0.3, -0.25) is 14.4 Å². The first-order valence-corrected chi connectivity index (χ1v) is 13.7. The third-order valence-electron chi connectivity index (χ3n) is 6.21. The molecule has 0 aromatic rings. The molecule has 0 aromatic heterocycles. The van der Waals surface area contributed by atoms with Crippen LogP contribution in [0, 0.1) is 0 Å². The normalized spacial score (nSPS) is 12.8. The summed E-state index contributed by atoms with van der Waals surface area (Å²) in [4.78, 5) is 37.0. The predicted molar refractivity (Wildman–Crippen MR) is 140 cm³/mol. The van der Waals surface area contributed by atoms with E-state index in [1.807, 2.05) is 0 Å². The fourth-order valence-electron chi connectivity index (χ4n) is 4.03. The van der Waals surface area contributed by atoms with Crippen molar-refractivity contribution < 1.29 is 14.4 Å². The van der Waals surface area contributed by atoms with Gasteiger partial charge in [-0.05, 0) is 58.0 Å². The van der Waals surface area contributed by atoms with E-state index in [2.05, 4.69) is 17.6 Å². The van der Waals surface area contributed by atoms with Gasteiger partial charge in [-0.25, -0.2) is 0 Å². The van der Waals surface area contributed by atoms with Crippen molar-refractivity contribution in [2.75, 3.05) is 13.1 Å². The molecule has 8 N–H and O–H groups in total. The smallest absolute Gasteiger partial charge is 0.243 e. The predicted octanol–water partition coefficient (Wildman–Crippen LogP) is 3.40. The van der Waals surface area contributed by atoms with Crippen LogP contribution in [0.4, 0.5) is 0 Å². The zero-order chi connectivity index (χ0) is 25.4. The summed E-state index contributed by atoms with van der Waals surface area (Å²) in [6, 6.07) is -1.43. The highest BCUT2D eigenvalue weighted by Gasteiger charge is 2.25. The van der Waals surface area contributed by atoms with Crippen molar-refractivity contribution >= 4 is 17.7 Å². The van der Waals surface area contributed by atoms with E-state index in [9.17, 15) is 14.4 Å². The molecule has 0 bridgehead atoms. The zero-order valence-corrected chi connectivity index (χ0v) is 21.8. The van der Waals surface area contributed by atoms with Crippen molar-refractivity contribution in [1.82, 2.24) is 10.6 Å². The van der Waals surface area contributed by atoms with Gasteiger partial charge in [0.05, 0.1) is 0 Å². The molecule has 0 radical (unpaired) electrons. The standard InChI is InChI=1S/C26H53N5O3/c1-2-3-4-5-6-7-8-9-10-11-12-19-24(32)30-23(18-14-16-21-28)26(34)31-22(25(29)33)17-13-15-20-27/h22-23H,2-21,27-28H2,1H3,(H2,29,33)(H,30,32)(H,31,34). The third-order valence-corrected chi connectivity index (χ3v) is 6.21. The average molecular weight is 484 g/mol. The fourth-order valence-corrected chi connectivity index (χ4v) is 4.03. The quantitative estimate of drug-likeness (QED) is 0.133. The Morgan fingerprint density at radius 3 is 1.56 bits per heavy atom. The van der Waals surface area contributed by atoms with Gasteiger partial charge in [0.15, 0.2) is 0 Å². The van der Waals surface area contributed by atoms with Crippen LogP contribution in [0.2, 0.25) is 0 Å². The van der Waals surface area contributed by atoms with Crippen LogP contribution in [-0.2, 0) is 14.4 Å². The van der Waals surface area contributed by atoms with Gasteiger partial charge in [0.2, 0.25) is 17.7 Å². The van der Waals surface area contributed by atoms with Crippen molar-refractivity contribution in [3.05, 3.63) is 0 Å². The topological polar surface area (TPSA) is 153 Å². The molecule has 34 heavy (non-hydrogen) atoms. The summed E-state index contributed by atoms with van der Waals surface area (Å²) in [6.45, 7) is 3.29. The Morgan fingerprint density at radius 2 is 1.09 bits per heavy atom. The lowest BCUT2D eigenvalue weighted by molar-refractivity contribution is -0.131. The number of nitrogens with two attached hydrogens (primary N) is 3. The molecule has 0 aliphatic carbocycles. The molecular weight excluding hydrogens is 430 g/mol. The van der Waals surface area contributed by atoms with E-state index in [1.54, 1.807) is 0 Å². The molecule has 8 nitrogen and oxygen atoms in total. The number of nitrogens with one attached hydrogen (secondary N) is 2. The second-order valence-corrected chi connectivity index (χ2v) is 9.44. The molecule has 0 saturated carbocycles. The SMILES string of the molecule is CCCCCCCCCCCCCC(=O)NC(CCCCN)C(=O)NC(CCCCN)C(N)=O. The number of rotatable bonds is 24. The minimum Gasteiger partial charge on any atom is -0.368 e. The Labute approximate surface area is 207 Å². The van der Waals surface area contributed by atoms with Crippen LogP contribution in [0.15, 0.2) is 0 Å². The first-order chi connectivity index (χ1) is 16.5. The Kier molecular flexibility index (Phi) is 22.0. The minimum absolute atomic E-state index is 0.123. The van der Waals surface area contributed by atoms with Crippen LogP contribution in [0.25, 0.3) is 0 Å². The Bertz CT molecular complexity index is 531. The van der Waals surface area contributed by atoms with E-state index in [0.717, 1.165) is 38.5 Å². The van der Waals surface area contributed by atoms with Gasteiger partial charge in [0, 0.05) is 6.42 Å². The second kappa shape index (κ2) is 23.1. The lowest BCUT2D eigenvalue weighted by atomic mass is 10.0. The van der Waals surface area contributed by atoms with Crippen LogP contribution in [0.5, 0.6) is 0 Å². The fraction of sp³-hybridized carbons (Fsp3) is 0.885. The summed E-state index contributed by atoms with van der Waals surface area (Å²) < 4.78 is 0. The van der Waals surface area contributed by atoms with E-state index in [1.165, 1.54) is 51.4 Å². The summed E-state index contributed by atoms with van der Waals surface area (Å²) >= 11 is 0. The Hall–Kier alpha value is -1.67. The molecule has 3 amide bonds. The van der Waals surface area contributed by atoms with Crippen molar-refractivity contribution in [2.24, 2.45) is 17.2 Å². The maximum Gasteiger partial charge on any atom is 0.243 e. The third kappa shape index (κ3) is 18.7. The molecule has 2 atom stereocenters. The van der Waals surface area contributed by atoms with Crippen molar-refractivity contribution in [3.8, 4) is 0 Å². The van der Waals surface area contributed by atoms with Crippen LogP contribution in [0.1, 0.15) is 122 Å². The molecule has 0 aliphatic rings. The van der Waals surface area contributed by atoms with Crippen molar-refractivity contribution in [1.29, 1.82) is 0 Å². The Morgan fingerprint density at radius 1 is 0.618 bits per heavy atom. The molecule has 0 aromatic carbocycles. The molecule has 8 heteroatoms. The van der Waals surface area contributed by atoms with E-state index < -0.39 is 18.0 Å². The molecule has 0 saturated heterocycles. The number of carbonyl (C=O) groups is 3. The van der Waals surface area contributed by atoms with Gasteiger partial charge in [-0.15, -0.1) is 0 Å². The van der Waals surface area contributed by atoms with Gasteiger partial charge in [0.25, 0.3) is 0 Å². The summed E-state index contributed by atoms with van der Waals surface area (Å²) in [5.41, 5.74) is 16.5. The average Bonchev–Trinajstić information content (AvgIpc) is 2.81. The number of amides is 3. The molecule has 200 valence electrons. The second-order valence-electron chi connectivity index (χ2n) is 9.44. The molecule has 0 spiro atoms. The maximum absolute atomic E-state index is 12.8. The lowest BCUT2D eigenvalue weighted by Gasteiger charge is -2.22. The summed E-state index contributed by atoms with van der Waals surface area (Å²) in [5.74, 6) is -1.05. The van der Waals surface area contributed by atoms with Gasteiger partial charge < -0.3 is 27.8 Å². The molecule has 2 unspecified atom stereocenters. The van der Waals surface area contributed by atoms with Crippen LogP contribution < -0.4 is 27.8 Å². The van der Waals surface area contributed by atoms with Crippen LogP contribution >= 0.6 is 0 Å². The first-order valence-electron chi connectivity index (χ1n) is 13.7. The van der Waals surface area contributed by atoms with E-state index >= 15 is 0 Å². The van der Waals surface area contributed by atoms with E-state index in [4.69, 9.17) is 17.2 Å². The lowest BCUT2D eigenvalue weighted by Crippen LogP contribution is -2.53. The highest BCUT2D eigenvalue weighted by molar-refractivity contribution is 5.91. The van der Waals surface area contributed by atoms with Gasteiger partial charge in [-0.1, -0.05) is 71.1 Å². The summed E-state index contributed by atoms with van der Waals surface area (Å²) in [6.07, 6.45) is 17.8. The zero-order valence-electron chi connectivity index (χ0n) is 21.8. The number of primary amides is 1. The Balaban J connectivity index is 4.31. The number of hydrogen-bond acceptors (Lipinski definition) is 5. The monoisotopic (exact) mass is 483 g/mol. The molecule has 0 fully saturated rings. The van der Waals surface area contributed by atoms with Gasteiger partial charge in [0.1, 0.15) is 12.1 Å². The summed E-state index contributed by atoms with van der Waals surface area (Å²) in [5, 5.41) is 5.58. The van der Waals surface area contributed by atoms with Crippen molar-refractivity contribution in [2.45, 2.75) is 135 Å². The highest BCUT2D eigenvalue weighted by atomic mass is 16.2. The minimum atomic E-state index is -0.750. The van der Waals surface area contributed by atoms with Gasteiger partial charge in [-0.2, -0.15) is 0 Å². The maximum atomic E-state index is 12.8. The molecular formula is C26H53N5O3. The molecule has 0 aliphatic heterocycles. The number of unbranched alkanes of at least 4 members (excludes halogenated alkanes) is 12. The number of hydrogen-bond donors (Lipinski definition) is 5. The van der Waals surface area contributed by atoms with E-state index in [0.29, 0.717) is 38.8 Å². The number of carbonyl (C=O) groups excluding carboxylic acids is 3. The molecule has 0 heterocycles. The van der Waals surface area contributed by atoms with Crippen LogP contribution in [-0.4, -0.2) is 42.9 Å². The summed E-state index contributed by atoms with van der Waals surface area (Å²) in [7, 11) is 0.